The molecule has 0 aliphatic heterocycles. The normalized spacial score (nSPS) is 11.2. The minimum atomic E-state index is -0.475. The van der Waals surface area contributed by atoms with Gasteiger partial charge in [-0.2, -0.15) is 0 Å². The Bertz CT molecular complexity index is 840. The van der Waals surface area contributed by atoms with Gasteiger partial charge in [0.2, 0.25) is 5.91 Å². The lowest BCUT2D eigenvalue weighted by Crippen LogP contribution is -2.32. The Labute approximate surface area is 155 Å². The highest BCUT2D eigenvalue weighted by Crippen LogP contribution is 2.24. The summed E-state index contributed by atoms with van der Waals surface area (Å²) in [5, 5.41) is 3.04. The van der Waals surface area contributed by atoms with Gasteiger partial charge in [-0.25, -0.2) is 0 Å². The number of nitrogens with one attached hydrogen (secondary N) is 1. The molecule has 1 amide bonds. The molecule has 0 fully saturated rings. The van der Waals surface area contributed by atoms with E-state index in [4.69, 9.17) is 0 Å². The zero-order chi connectivity index (χ0) is 18.4. The van der Waals surface area contributed by atoms with Gasteiger partial charge in [-0.3, -0.25) is 9.78 Å². The van der Waals surface area contributed by atoms with Crippen LogP contribution in [-0.4, -0.2) is 10.9 Å². The van der Waals surface area contributed by atoms with E-state index in [0.717, 1.165) is 12.1 Å². The largest absolute Gasteiger partial charge is 0.326 e. The van der Waals surface area contributed by atoms with Crippen LogP contribution in [-0.2, 0) is 17.6 Å². The van der Waals surface area contributed by atoms with Crippen molar-refractivity contribution in [2.75, 3.05) is 5.32 Å². The van der Waals surface area contributed by atoms with Crippen molar-refractivity contribution in [2.45, 2.75) is 26.7 Å². The van der Waals surface area contributed by atoms with Crippen LogP contribution in [0.5, 0.6) is 0 Å². The molecule has 0 aliphatic carbocycles. The number of pyridine rings is 1. The molecule has 3 aromatic rings. The average Bonchev–Trinajstić information content (AvgIpc) is 2.64. The zero-order valence-electron chi connectivity index (χ0n) is 15.3. The molecule has 1 N–H and O–H groups in total. The molecule has 0 spiro atoms. The van der Waals surface area contributed by atoms with E-state index in [0.29, 0.717) is 6.42 Å². The van der Waals surface area contributed by atoms with Gasteiger partial charge < -0.3 is 5.32 Å². The second-order valence-corrected chi connectivity index (χ2v) is 7.23. The summed E-state index contributed by atoms with van der Waals surface area (Å²) in [6, 6.07) is 22.2. The minimum absolute atomic E-state index is 0.0308. The molecule has 26 heavy (non-hydrogen) atoms. The highest BCUT2D eigenvalue weighted by molar-refractivity contribution is 5.95. The Morgan fingerprint density at radius 3 is 2.12 bits per heavy atom. The van der Waals surface area contributed by atoms with Crippen molar-refractivity contribution in [3.8, 4) is 0 Å². The fourth-order valence-corrected chi connectivity index (χ4v) is 2.93. The van der Waals surface area contributed by atoms with Crippen molar-refractivity contribution in [3.05, 3.63) is 95.8 Å². The summed E-state index contributed by atoms with van der Waals surface area (Å²) >= 11 is 0. The van der Waals surface area contributed by atoms with Crippen LogP contribution in [0.1, 0.15) is 30.5 Å². The molecule has 0 saturated carbocycles. The third-order valence-electron chi connectivity index (χ3n) is 4.47. The molecular formula is C23H24N2O. The van der Waals surface area contributed by atoms with Gasteiger partial charge in [0.1, 0.15) is 0 Å². The van der Waals surface area contributed by atoms with E-state index in [9.17, 15) is 4.79 Å². The van der Waals surface area contributed by atoms with Crippen molar-refractivity contribution in [3.63, 3.8) is 0 Å². The molecule has 0 radical (unpaired) electrons. The number of hydrogen-bond donors (Lipinski definition) is 1. The van der Waals surface area contributed by atoms with E-state index < -0.39 is 5.41 Å². The van der Waals surface area contributed by atoms with Gasteiger partial charge >= 0.3 is 0 Å². The summed E-state index contributed by atoms with van der Waals surface area (Å²) in [6.45, 7) is 3.96. The minimum Gasteiger partial charge on any atom is -0.326 e. The number of rotatable bonds is 6. The number of nitrogens with zero attached hydrogens (tertiary/aromatic N) is 1. The molecule has 3 rings (SSSR count). The third-order valence-corrected chi connectivity index (χ3v) is 4.47. The summed E-state index contributed by atoms with van der Waals surface area (Å²) in [7, 11) is 0. The molecule has 0 atom stereocenters. The Balaban J connectivity index is 1.62. The van der Waals surface area contributed by atoms with Crippen molar-refractivity contribution in [2.24, 2.45) is 5.41 Å². The number of hydrogen-bond acceptors (Lipinski definition) is 2. The predicted octanol–water partition coefficient (Wildman–Crippen LogP) is 4.88. The number of anilines is 1. The number of aromatic nitrogens is 1. The van der Waals surface area contributed by atoms with Crippen molar-refractivity contribution >= 4 is 11.6 Å². The number of carbonyl (C=O) groups excluding carboxylic acids is 1. The lowest BCUT2D eigenvalue weighted by molar-refractivity contribution is -0.123. The van der Waals surface area contributed by atoms with Crippen LogP contribution in [0.3, 0.4) is 0 Å². The van der Waals surface area contributed by atoms with E-state index in [-0.39, 0.29) is 5.91 Å². The average molecular weight is 344 g/mol. The molecule has 0 saturated heterocycles. The van der Waals surface area contributed by atoms with Crippen molar-refractivity contribution < 1.29 is 4.79 Å². The van der Waals surface area contributed by atoms with E-state index >= 15 is 0 Å². The molecule has 2 aromatic carbocycles. The molecule has 132 valence electrons. The van der Waals surface area contributed by atoms with Crippen LogP contribution in [0.2, 0.25) is 0 Å². The summed E-state index contributed by atoms with van der Waals surface area (Å²) < 4.78 is 0. The second kappa shape index (κ2) is 7.96. The number of carbonyl (C=O) groups is 1. The van der Waals surface area contributed by atoms with E-state index in [1.165, 1.54) is 16.7 Å². The number of benzene rings is 2. The van der Waals surface area contributed by atoms with E-state index in [1.807, 2.05) is 56.3 Å². The first kappa shape index (κ1) is 17.9. The fourth-order valence-electron chi connectivity index (χ4n) is 2.93. The Hall–Kier alpha value is -2.94. The van der Waals surface area contributed by atoms with Gasteiger partial charge in [0, 0.05) is 23.5 Å². The zero-order valence-corrected chi connectivity index (χ0v) is 15.3. The summed E-state index contributed by atoms with van der Waals surface area (Å²) in [4.78, 5) is 16.7. The van der Waals surface area contributed by atoms with Gasteiger partial charge in [0.05, 0.1) is 0 Å². The van der Waals surface area contributed by atoms with Crippen LogP contribution in [0.15, 0.2) is 79.1 Å². The monoisotopic (exact) mass is 344 g/mol. The van der Waals surface area contributed by atoms with Gasteiger partial charge in [-0.1, -0.05) is 56.3 Å². The second-order valence-electron chi connectivity index (χ2n) is 7.23. The summed E-state index contributed by atoms with van der Waals surface area (Å²) in [6.07, 6.45) is 5.17. The molecule has 3 heteroatoms. The van der Waals surface area contributed by atoms with Gasteiger partial charge in [-0.05, 0) is 53.8 Å². The lowest BCUT2D eigenvalue weighted by Gasteiger charge is -2.23. The molecule has 1 aromatic heterocycles. The predicted molar refractivity (Wildman–Crippen MR) is 106 cm³/mol. The Kier molecular flexibility index (Phi) is 5.47. The first-order valence-electron chi connectivity index (χ1n) is 8.86. The highest BCUT2D eigenvalue weighted by atomic mass is 16.2. The SMILES string of the molecule is CC(C)(Cc1ccccc1)C(=O)Nc1ccc(Cc2ccncc2)cc1. The first-order chi connectivity index (χ1) is 12.5. The van der Waals surface area contributed by atoms with Crippen LogP contribution < -0.4 is 5.32 Å². The topological polar surface area (TPSA) is 42.0 Å². The van der Waals surface area contributed by atoms with E-state index in [1.54, 1.807) is 12.4 Å². The molecule has 0 aliphatic rings. The molecule has 1 heterocycles. The van der Waals surface area contributed by atoms with Gasteiger partial charge in [0.25, 0.3) is 0 Å². The van der Waals surface area contributed by atoms with E-state index in [2.05, 4.69) is 34.6 Å². The molecule has 0 unspecified atom stereocenters. The fraction of sp³-hybridized carbons (Fsp3) is 0.217. The Morgan fingerprint density at radius 1 is 0.846 bits per heavy atom. The standard InChI is InChI=1S/C23H24N2O/c1-23(2,17-20-6-4-3-5-7-20)22(26)25-21-10-8-18(9-11-21)16-19-12-14-24-15-13-19/h3-15H,16-17H2,1-2H3,(H,25,26). The van der Waals surface area contributed by atoms with Gasteiger partial charge in [-0.15, -0.1) is 0 Å². The maximum absolute atomic E-state index is 12.7. The van der Waals surface area contributed by atoms with Crippen LogP contribution in [0.25, 0.3) is 0 Å². The molecular weight excluding hydrogens is 320 g/mol. The summed E-state index contributed by atoms with van der Waals surface area (Å²) in [5.74, 6) is 0.0308. The van der Waals surface area contributed by atoms with Crippen LogP contribution in [0.4, 0.5) is 5.69 Å². The molecule has 0 bridgehead atoms. The lowest BCUT2D eigenvalue weighted by atomic mass is 9.84. The van der Waals surface area contributed by atoms with Crippen LogP contribution in [0, 0.1) is 5.41 Å². The highest BCUT2D eigenvalue weighted by Gasteiger charge is 2.27. The number of amides is 1. The van der Waals surface area contributed by atoms with Crippen molar-refractivity contribution in [1.29, 1.82) is 0 Å². The third kappa shape index (κ3) is 4.79. The summed E-state index contributed by atoms with van der Waals surface area (Å²) in [5.41, 5.74) is 3.95. The maximum Gasteiger partial charge on any atom is 0.230 e. The van der Waals surface area contributed by atoms with Crippen LogP contribution >= 0.6 is 0 Å². The van der Waals surface area contributed by atoms with Gasteiger partial charge in [0.15, 0.2) is 0 Å². The Morgan fingerprint density at radius 2 is 1.46 bits per heavy atom. The smallest absolute Gasteiger partial charge is 0.230 e. The maximum atomic E-state index is 12.7. The van der Waals surface area contributed by atoms with Crippen molar-refractivity contribution in [1.82, 2.24) is 4.98 Å². The molecule has 3 nitrogen and oxygen atoms in total. The quantitative estimate of drug-likeness (QED) is 0.692. The first-order valence-corrected chi connectivity index (χ1v) is 8.86.